The zero-order valence-electron chi connectivity index (χ0n) is 9.93. The molecular weight excluding hydrogens is 212 g/mol. The molecule has 0 radical (unpaired) electrons. The van der Waals surface area contributed by atoms with E-state index in [0.29, 0.717) is 6.54 Å². The van der Waals surface area contributed by atoms with Crippen molar-refractivity contribution in [2.75, 3.05) is 0 Å². The van der Waals surface area contributed by atoms with E-state index in [2.05, 4.69) is 34.8 Å². The summed E-state index contributed by atoms with van der Waals surface area (Å²) in [7, 11) is 0. The van der Waals surface area contributed by atoms with Crippen LogP contribution in [-0.4, -0.2) is 20.8 Å². The second-order valence-electron chi connectivity index (χ2n) is 4.70. The van der Waals surface area contributed by atoms with Gasteiger partial charge < -0.3 is 9.67 Å². The lowest BCUT2D eigenvalue weighted by molar-refractivity contribution is 0.130. The number of aryl methyl sites for hydroxylation is 2. The molecule has 0 amide bonds. The smallest absolute Gasteiger partial charge is 0.109 e. The van der Waals surface area contributed by atoms with Crippen molar-refractivity contribution in [2.24, 2.45) is 0 Å². The molecule has 1 atom stereocenters. The number of aromatic nitrogens is 2. The molecule has 1 aliphatic rings. The average molecular weight is 228 g/mol. The minimum Gasteiger partial charge on any atom is -0.391 e. The third-order valence-electron chi connectivity index (χ3n) is 3.39. The number of aliphatic hydroxyl groups excluding tert-OH is 1. The normalized spacial score (nSPS) is 19.1. The lowest BCUT2D eigenvalue weighted by Crippen LogP contribution is -2.23. The molecule has 0 fully saturated rings. The Balaban J connectivity index is 2.03. The van der Waals surface area contributed by atoms with E-state index in [1.807, 2.05) is 12.1 Å². The predicted octanol–water partition coefficient (Wildman–Crippen LogP) is 2.17. The van der Waals surface area contributed by atoms with Gasteiger partial charge in [0, 0.05) is 24.7 Å². The van der Waals surface area contributed by atoms with E-state index in [9.17, 15) is 5.11 Å². The summed E-state index contributed by atoms with van der Waals surface area (Å²) in [5.41, 5.74) is 3.44. The van der Waals surface area contributed by atoms with E-state index in [-0.39, 0.29) is 6.10 Å². The van der Waals surface area contributed by atoms with Crippen molar-refractivity contribution in [3.05, 3.63) is 41.9 Å². The van der Waals surface area contributed by atoms with Crippen molar-refractivity contribution in [3.8, 4) is 11.3 Å². The highest BCUT2D eigenvalue weighted by Crippen LogP contribution is 2.25. The fourth-order valence-corrected chi connectivity index (χ4v) is 2.42. The second kappa shape index (κ2) is 4.00. The molecule has 0 spiro atoms. The Labute approximate surface area is 101 Å². The molecular formula is C14H16N2O. The van der Waals surface area contributed by atoms with Crippen molar-refractivity contribution in [3.63, 3.8) is 0 Å². The molecule has 0 saturated heterocycles. The number of fused-ring (bicyclic) bond motifs is 1. The SMILES string of the molecule is Cc1ccccc1-c1cn2c(n1)CCC(O)C2. The molecule has 1 unspecified atom stereocenters. The molecule has 0 saturated carbocycles. The van der Waals surface area contributed by atoms with Crippen molar-refractivity contribution >= 4 is 0 Å². The van der Waals surface area contributed by atoms with Gasteiger partial charge in [-0.2, -0.15) is 0 Å². The van der Waals surface area contributed by atoms with Crippen LogP contribution in [0.25, 0.3) is 11.3 Å². The summed E-state index contributed by atoms with van der Waals surface area (Å²) in [5.74, 6) is 1.09. The summed E-state index contributed by atoms with van der Waals surface area (Å²) >= 11 is 0. The summed E-state index contributed by atoms with van der Waals surface area (Å²) in [6.07, 6.45) is 3.53. The molecule has 2 aromatic rings. The standard InChI is InChI=1S/C14H16N2O/c1-10-4-2-3-5-12(10)13-9-16-8-11(17)6-7-14(16)15-13/h2-5,9,11,17H,6-8H2,1H3. The Morgan fingerprint density at radius 3 is 3.00 bits per heavy atom. The van der Waals surface area contributed by atoms with Crippen LogP contribution in [0.3, 0.4) is 0 Å². The van der Waals surface area contributed by atoms with E-state index in [4.69, 9.17) is 0 Å². The highest BCUT2D eigenvalue weighted by molar-refractivity contribution is 5.62. The summed E-state index contributed by atoms with van der Waals surface area (Å²) in [6.45, 7) is 2.77. The minimum absolute atomic E-state index is 0.221. The molecule has 3 nitrogen and oxygen atoms in total. The largest absolute Gasteiger partial charge is 0.391 e. The maximum Gasteiger partial charge on any atom is 0.109 e. The number of hydrogen-bond donors (Lipinski definition) is 1. The van der Waals surface area contributed by atoms with E-state index in [0.717, 1.165) is 24.4 Å². The van der Waals surface area contributed by atoms with Crippen LogP contribution < -0.4 is 0 Å². The van der Waals surface area contributed by atoms with Crippen LogP contribution in [0.5, 0.6) is 0 Å². The van der Waals surface area contributed by atoms with Gasteiger partial charge >= 0.3 is 0 Å². The quantitative estimate of drug-likeness (QED) is 0.812. The summed E-state index contributed by atoms with van der Waals surface area (Å²) in [5, 5.41) is 9.64. The lowest BCUT2D eigenvalue weighted by Gasteiger charge is -2.18. The number of aliphatic hydroxyl groups is 1. The molecule has 1 aliphatic heterocycles. The van der Waals surface area contributed by atoms with Crippen molar-refractivity contribution in [1.29, 1.82) is 0 Å². The first-order chi connectivity index (χ1) is 8.24. The van der Waals surface area contributed by atoms with Gasteiger partial charge in [-0.25, -0.2) is 4.98 Å². The minimum atomic E-state index is -0.221. The van der Waals surface area contributed by atoms with E-state index >= 15 is 0 Å². The summed E-state index contributed by atoms with van der Waals surface area (Å²) in [4.78, 5) is 4.67. The van der Waals surface area contributed by atoms with Gasteiger partial charge in [0.15, 0.2) is 0 Å². The number of benzene rings is 1. The molecule has 1 aromatic heterocycles. The Morgan fingerprint density at radius 1 is 1.35 bits per heavy atom. The van der Waals surface area contributed by atoms with Gasteiger partial charge in [0.05, 0.1) is 11.8 Å². The first-order valence-corrected chi connectivity index (χ1v) is 6.04. The fraction of sp³-hybridized carbons (Fsp3) is 0.357. The Morgan fingerprint density at radius 2 is 2.18 bits per heavy atom. The third kappa shape index (κ3) is 1.87. The van der Waals surface area contributed by atoms with E-state index < -0.39 is 0 Å². The maximum absolute atomic E-state index is 9.64. The number of rotatable bonds is 1. The van der Waals surface area contributed by atoms with Crippen molar-refractivity contribution < 1.29 is 5.11 Å². The summed E-state index contributed by atoms with van der Waals surface area (Å²) < 4.78 is 2.08. The van der Waals surface area contributed by atoms with Crippen LogP contribution in [0, 0.1) is 6.92 Å². The molecule has 3 heteroatoms. The van der Waals surface area contributed by atoms with Crippen LogP contribution in [-0.2, 0) is 13.0 Å². The second-order valence-corrected chi connectivity index (χ2v) is 4.70. The van der Waals surface area contributed by atoms with Gasteiger partial charge in [0.1, 0.15) is 5.82 Å². The van der Waals surface area contributed by atoms with Crippen LogP contribution in [0.4, 0.5) is 0 Å². The molecule has 1 aromatic carbocycles. The Hall–Kier alpha value is -1.61. The first kappa shape index (κ1) is 10.5. The Bertz CT molecular complexity index is 545. The van der Waals surface area contributed by atoms with Gasteiger partial charge in [-0.1, -0.05) is 24.3 Å². The third-order valence-corrected chi connectivity index (χ3v) is 3.39. The molecule has 0 aliphatic carbocycles. The van der Waals surface area contributed by atoms with Gasteiger partial charge in [-0.05, 0) is 18.9 Å². The lowest BCUT2D eigenvalue weighted by atomic mass is 10.1. The van der Waals surface area contributed by atoms with Crippen LogP contribution in [0.1, 0.15) is 17.8 Å². The highest BCUT2D eigenvalue weighted by atomic mass is 16.3. The summed E-state index contributed by atoms with van der Waals surface area (Å²) in [6, 6.07) is 8.27. The number of imidazole rings is 1. The molecule has 1 N–H and O–H groups in total. The predicted molar refractivity (Wildman–Crippen MR) is 66.7 cm³/mol. The highest BCUT2D eigenvalue weighted by Gasteiger charge is 2.19. The fourth-order valence-electron chi connectivity index (χ4n) is 2.42. The topological polar surface area (TPSA) is 38.0 Å². The average Bonchev–Trinajstić information content (AvgIpc) is 2.72. The number of hydrogen-bond acceptors (Lipinski definition) is 2. The molecule has 2 heterocycles. The maximum atomic E-state index is 9.64. The monoisotopic (exact) mass is 228 g/mol. The number of nitrogens with zero attached hydrogens (tertiary/aromatic N) is 2. The van der Waals surface area contributed by atoms with Crippen LogP contribution in [0.15, 0.2) is 30.5 Å². The van der Waals surface area contributed by atoms with Gasteiger partial charge in [-0.3, -0.25) is 0 Å². The van der Waals surface area contributed by atoms with Crippen molar-refractivity contribution in [1.82, 2.24) is 9.55 Å². The molecule has 17 heavy (non-hydrogen) atoms. The molecule has 88 valence electrons. The van der Waals surface area contributed by atoms with E-state index in [1.165, 1.54) is 11.1 Å². The molecule has 3 rings (SSSR count). The van der Waals surface area contributed by atoms with Crippen LogP contribution in [0.2, 0.25) is 0 Å². The Kier molecular flexibility index (Phi) is 2.48. The molecule has 0 bridgehead atoms. The van der Waals surface area contributed by atoms with Gasteiger partial charge in [-0.15, -0.1) is 0 Å². The van der Waals surface area contributed by atoms with E-state index in [1.54, 1.807) is 0 Å². The van der Waals surface area contributed by atoms with Gasteiger partial charge in [0.25, 0.3) is 0 Å². The zero-order valence-corrected chi connectivity index (χ0v) is 9.93. The first-order valence-electron chi connectivity index (χ1n) is 6.04. The van der Waals surface area contributed by atoms with Crippen LogP contribution >= 0.6 is 0 Å². The van der Waals surface area contributed by atoms with Gasteiger partial charge in [0.2, 0.25) is 0 Å². The van der Waals surface area contributed by atoms with Crippen molar-refractivity contribution in [2.45, 2.75) is 32.4 Å². The zero-order chi connectivity index (χ0) is 11.8.